The molecule has 0 aliphatic carbocycles. The van der Waals surface area contributed by atoms with Crippen LogP contribution in [-0.4, -0.2) is 17.9 Å². The summed E-state index contributed by atoms with van der Waals surface area (Å²) < 4.78 is 0.790. The van der Waals surface area contributed by atoms with Crippen LogP contribution in [0.1, 0.15) is 22.8 Å². The lowest BCUT2D eigenvalue weighted by Crippen LogP contribution is -2.44. The van der Waals surface area contributed by atoms with Crippen molar-refractivity contribution in [2.24, 2.45) is 0 Å². The van der Waals surface area contributed by atoms with E-state index < -0.39 is 6.04 Å². The van der Waals surface area contributed by atoms with Gasteiger partial charge in [-0.15, -0.1) is 0 Å². The molecule has 0 saturated carbocycles. The van der Waals surface area contributed by atoms with Crippen molar-refractivity contribution < 1.29 is 9.59 Å². The largest absolute Gasteiger partial charge is 0.350 e. The molecule has 1 unspecified atom stereocenters. The highest BCUT2D eigenvalue weighted by Gasteiger charge is 2.16. The number of benzene rings is 2. The Hall–Kier alpha value is -1.60. The van der Waals surface area contributed by atoms with Crippen molar-refractivity contribution in [2.45, 2.75) is 19.5 Å². The lowest BCUT2D eigenvalue weighted by Gasteiger charge is -2.14. The van der Waals surface area contributed by atoms with E-state index in [2.05, 4.69) is 33.2 Å². The fourth-order valence-electron chi connectivity index (χ4n) is 1.92. The van der Waals surface area contributed by atoms with E-state index in [0.29, 0.717) is 17.1 Å². The first-order valence-corrected chi connectivity index (χ1v) is 8.50. The van der Waals surface area contributed by atoms with E-state index in [1.165, 1.54) is 0 Å². The normalized spacial score (nSPS) is 11.6. The molecule has 2 aromatic rings. The molecule has 23 heavy (non-hydrogen) atoms. The fourth-order valence-corrected chi connectivity index (χ4v) is 2.55. The van der Waals surface area contributed by atoms with Crippen molar-refractivity contribution in [1.29, 1.82) is 0 Å². The van der Waals surface area contributed by atoms with Crippen molar-refractivity contribution in [1.82, 2.24) is 10.6 Å². The molecule has 120 valence electrons. The molecule has 0 aliphatic heterocycles. The molecule has 0 aromatic heterocycles. The Morgan fingerprint density at radius 3 is 2.52 bits per heavy atom. The molecule has 6 heteroatoms. The SMILES string of the molecule is CC(NC(=O)c1ccc(Cl)c(I)c1)C(=O)NCc1ccccc1. The van der Waals surface area contributed by atoms with Crippen LogP contribution in [0.15, 0.2) is 48.5 Å². The number of halogens is 2. The van der Waals surface area contributed by atoms with Gasteiger partial charge in [-0.25, -0.2) is 0 Å². The highest BCUT2D eigenvalue weighted by atomic mass is 127. The van der Waals surface area contributed by atoms with Crippen molar-refractivity contribution in [2.75, 3.05) is 0 Å². The van der Waals surface area contributed by atoms with Crippen LogP contribution in [0.5, 0.6) is 0 Å². The molecule has 2 N–H and O–H groups in total. The van der Waals surface area contributed by atoms with Crippen LogP contribution in [0.3, 0.4) is 0 Å². The molecule has 0 bridgehead atoms. The highest BCUT2D eigenvalue weighted by Crippen LogP contribution is 2.19. The molecule has 0 aliphatic rings. The summed E-state index contributed by atoms with van der Waals surface area (Å²) in [6.07, 6.45) is 0. The van der Waals surface area contributed by atoms with Gasteiger partial charge in [-0.05, 0) is 53.3 Å². The van der Waals surface area contributed by atoms with Gasteiger partial charge in [0.2, 0.25) is 5.91 Å². The van der Waals surface area contributed by atoms with Crippen LogP contribution in [0.2, 0.25) is 5.02 Å². The standard InChI is InChI=1S/C17H16ClIN2O2/c1-11(16(22)20-10-12-5-3-2-4-6-12)21-17(23)13-7-8-14(18)15(19)9-13/h2-9,11H,10H2,1H3,(H,20,22)(H,21,23). The van der Waals surface area contributed by atoms with Gasteiger partial charge in [-0.2, -0.15) is 0 Å². The molecule has 0 fully saturated rings. The molecule has 0 heterocycles. The molecule has 0 spiro atoms. The molecular formula is C17H16ClIN2O2. The van der Waals surface area contributed by atoms with Crippen molar-refractivity contribution in [3.63, 3.8) is 0 Å². The van der Waals surface area contributed by atoms with Crippen LogP contribution in [0.4, 0.5) is 0 Å². The van der Waals surface area contributed by atoms with Gasteiger partial charge in [-0.1, -0.05) is 41.9 Å². The lowest BCUT2D eigenvalue weighted by atomic mass is 10.2. The van der Waals surface area contributed by atoms with E-state index in [9.17, 15) is 9.59 Å². The average Bonchev–Trinajstić information content (AvgIpc) is 2.55. The third-order valence-electron chi connectivity index (χ3n) is 3.23. The Balaban J connectivity index is 1.89. The van der Waals surface area contributed by atoms with Crippen molar-refractivity contribution in [3.8, 4) is 0 Å². The number of hydrogen-bond acceptors (Lipinski definition) is 2. The second kappa shape index (κ2) is 8.31. The van der Waals surface area contributed by atoms with Gasteiger partial charge in [0.25, 0.3) is 5.91 Å². The molecule has 0 radical (unpaired) electrons. The third kappa shape index (κ3) is 5.21. The Labute approximate surface area is 153 Å². The second-order valence-corrected chi connectivity index (χ2v) is 6.60. The Bertz CT molecular complexity index is 707. The molecular weight excluding hydrogens is 427 g/mol. The molecule has 1 atom stereocenters. The first-order chi connectivity index (χ1) is 11.0. The number of nitrogens with one attached hydrogen (secondary N) is 2. The van der Waals surface area contributed by atoms with E-state index in [4.69, 9.17) is 11.6 Å². The van der Waals surface area contributed by atoms with Crippen molar-refractivity contribution >= 4 is 46.0 Å². The number of amides is 2. The van der Waals surface area contributed by atoms with Gasteiger partial charge in [0, 0.05) is 15.7 Å². The third-order valence-corrected chi connectivity index (χ3v) is 4.77. The zero-order valence-electron chi connectivity index (χ0n) is 12.5. The lowest BCUT2D eigenvalue weighted by molar-refractivity contribution is -0.122. The highest BCUT2D eigenvalue weighted by molar-refractivity contribution is 14.1. The summed E-state index contributed by atoms with van der Waals surface area (Å²) in [7, 11) is 0. The maximum atomic E-state index is 12.2. The van der Waals surface area contributed by atoms with E-state index in [1.807, 2.05) is 30.3 Å². The molecule has 2 rings (SSSR count). The fraction of sp³-hybridized carbons (Fsp3) is 0.176. The minimum Gasteiger partial charge on any atom is -0.350 e. The zero-order chi connectivity index (χ0) is 16.8. The van der Waals surface area contributed by atoms with Gasteiger partial charge in [0.05, 0.1) is 5.02 Å². The van der Waals surface area contributed by atoms with Gasteiger partial charge < -0.3 is 10.6 Å². The summed E-state index contributed by atoms with van der Waals surface area (Å²) in [4.78, 5) is 24.2. The maximum Gasteiger partial charge on any atom is 0.251 e. The predicted octanol–water partition coefficient (Wildman–Crippen LogP) is 3.38. The van der Waals surface area contributed by atoms with Crippen LogP contribution in [0, 0.1) is 3.57 Å². The first-order valence-electron chi connectivity index (χ1n) is 7.05. The van der Waals surface area contributed by atoms with Gasteiger partial charge in [-0.3, -0.25) is 9.59 Å². The minimum absolute atomic E-state index is 0.231. The Morgan fingerprint density at radius 1 is 1.17 bits per heavy atom. The molecule has 2 aromatic carbocycles. The summed E-state index contributed by atoms with van der Waals surface area (Å²) in [5.41, 5.74) is 1.48. The predicted molar refractivity (Wildman–Crippen MR) is 99.4 cm³/mol. The maximum absolute atomic E-state index is 12.2. The summed E-state index contributed by atoms with van der Waals surface area (Å²) in [6.45, 7) is 2.08. The summed E-state index contributed by atoms with van der Waals surface area (Å²) in [5, 5.41) is 6.07. The molecule has 4 nitrogen and oxygen atoms in total. The number of carbonyl (C=O) groups is 2. The molecule has 2 amide bonds. The Morgan fingerprint density at radius 2 is 1.87 bits per heavy atom. The van der Waals surface area contributed by atoms with E-state index >= 15 is 0 Å². The summed E-state index contributed by atoms with van der Waals surface area (Å²) in [6, 6.07) is 14.0. The minimum atomic E-state index is -0.625. The summed E-state index contributed by atoms with van der Waals surface area (Å²) in [5.74, 6) is -0.534. The van der Waals surface area contributed by atoms with E-state index in [1.54, 1.807) is 25.1 Å². The van der Waals surface area contributed by atoms with Gasteiger partial charge in [0.15, 0.2) is 0 Å². The topological polar surface area (TPSA) is 58.2 Å². The number of rotatable bonds is 5. The van der Waals surface area contributed by atoms with Crippen LogP contribution in [0.25, 0.3) is 0 Å². The quantitative estimate of drug-likeness (QED) is 0.698. The molecule has 0 saturated heterocycles. The van der Waals surface area contributed by atoms with Crippen molar-refractivity contribution in [3.05, 3.63) is 68.3 Å². The number of carbonyl (C=O) groups excluding carboxylic acids is 2. The van der Waals surface area contributed by atoms with Crippen LogP contribution < -0.4 is 10.6 Å². The summed E-state index contributed by atoms with van der Waals surface area (Å²) >= 11 is 8.00. The zero-order valence-corrected chi connectivity index (χ0v) is 15.4. The van der Waals surface area contributed by atoms with E-state index in [0.717, 1.165) is 9.13 Å². The number of hydrogen-bond donors (Lipinski definition) is 2. The second-order valence-electron chi connectivity index (χ2n) is 5.03. The smallest absolute Gasteiger partial charge is 0.251 e. The van der Waals surface area contributed by atoms with Crippen LogP contribution >= 0.6 is 34.2 Å². The van der Waals surface area contributed by atoms with E-state index in [-0.39, 0.29) is 11.8 Å². The first kappa shape index (κ1) is 17.7. The average molecular weight is 443 g/mol. The monoisotopic (exact) mass is 442 g/mol. The Kier molecular flexibility index (Phi) is 6.41. The van der Waals surface area contributed by atoms with Gasteiger partial charge in [0.1, 0.15) is 6.04 Å². The van der Waals surface area contributed by atoms with Gasteiger partial charge >= 0.3 is 0 Å². The van der Waals surface area contributed by atoms with Crippen LogP contribution in [-0.2, 0) is 11.3 Å².